The lowest BCUT2D eigenvalue weighted by Crippen LogP contribution is -2.29. The van der Waals surface area contributed by atoms with Crippen molar-refractivity contribution in [1.29, 1.82) is 0 Å². The molecule has 0 aliphatic heterocycles. The number of nitrogens with zero attached hydrogens (tertiary/aromatic N) is 1. The molecule has 51 heavy (non-hydrogen) atoms. The summed E-state index contributed by atoms with van der Waals surface area (Å²) in [6.45, 7) is 16.0. The maximum Gasteiger partial charge on any atom is 0.154 e. The van der Waals surface area contributed by atoms with Crippen molar-refractivity contribution in [1.82, 2.24) is 4.90 Å². The highest BCUT2D eigenvalue weighted by atomic mass is 16.7. The highest BCUT2D eigenvalue weighted by molar-refractivity contribution is 4.64. The molecule has 0 bridgehead atoms. The zero-order valence-electron chi connectivity index (χ0n) is 35.7. The molecule has 5 nitrogen and oxygen atoms in total. The number of unbranched alkanes of at least 4 members (excludes halogenated alkanes) is 24. The number of rotatable bonds is 44. The van der Waals surface area contributed by atoms with Crippen LogP contribution < -0.4 is 0 Å². The van der Waals surface area contributed by atoms with Gasteiger partial charge in [0.2, 0.25) is 0 Å². The van der Waals surface area contributed by atoms with E-state index in [1.807, 2.05) is 6.92 Å². The smallest absolute Gasteiger partial charge is 0.154 e. The highest BCUT2D eigenvalue weighted by Crippen LogP contribution is 2.20. The molecule has 0 aromatic rings. The fourth-order valence-electron chi connectivity index (χ4n) is 7.33. The Morgan fingerprint density at radius 1 is 0.412 bits per heavy atom. The molecule has 0 aromatic carbocycles. The summed E-state index contributed by atoms with van der Waals surface area (Å²) in [7, 11) is 0. The number of hydrogen-bond acceptors (Lipinski definition) is 5. The molecule has 0 amide bonds. The van der Waals surface area contributed by atoms with Crippen LogP contribution in [0.25, 0.3) is 0 Å². The van der Waals surface area contributed by atoms with E-state index >= 15 is 0 Å². The Morgan fingerprint density at radius 2 is 0.765 bits per heavy atom. The number of aliphatic hydroxyl groups excluding tert-OH is 1. The Hall–Kier alpha value is -0.200. The highest BCUT2D eigenvalue weighted by Gasteiger charge is 2.14. The standard InChI is InChI=1S/C46H95NO4/c1-6-9-12-15-18-19-20-21-27-33-42-49-45(5)50-43-34-32-39-47(40-41-48)38-31-26-22-23-28-35-44(4)51-46(36-29-24-16-13-10-7-2)37-30-25-17-14-11-8-3/h44-46,48H,6-43H2,1-5H3. The predicted molar refractivity (Wildman–Crippen MR) is 224 cm³/mol. The van der Waals surface area contributed by atoms with Crippen LogP contribution in [0.5, 0.6) is 0 Å². The van der Waals surface area contributed by atoms with Crippen molar-refractivity contribution in [3.63, 3.8) is 0 Å². The molecule has 0 radical (unpaired) electrons. The molecule has 0 aliphatic carbocycles. The third-order valence-corrected chi connectivity index (χ3v) is 10.8. The van der Waals surface area contributed by atoms with Crippen LogP contribution in [0, 0.1) is 0 Å². The lowest BCUT2D eigenvalue weighted by Gasteiger charge is -2.23. The number of hydrogen-bond donors (Lipinski definition) is 1. The average Bonchev–Trinajstić information content (AvgIpc) is 3.12. The summed E-state index contributed by atoms with van der Waals surface area (Å²) in [5.41, 5.74) is 0. The van der Waals surface area contributed by atoms with Gasteiger partial charge in [0.25, 0.3) is 0 Å². The summed E-state index contributed by atoms with van der Waals surface area (Å²) in [6, 6.07) is 0. The second-order valence-electron chi connectivity index (χ2n) is 16.0. The zero-order valence-corrected chi connectivity index (χ0v) is 35.7. The second kappa shape index (κ2) is 42.5. The van der Waals surface area contributed by atoms with E-state index in [-0.39, 0.29) is 12.9 Å². The number of aliphatic hydroxyl groups is 1. The van der Waals surface area contributed by atoms with Crippen LogP contribution in [-0.2, 0) is 14.2 Å². The molecule has 2 atom stereocenters. The third-order valence-electron chi connectivity index (χ3n) is 10.8. The Bertz CT molecular complexity index is 618. The quantitative estimate of drug-likeness (QED) is 0.0501. The van der Waals surface area contributed by atoms with E-state index in [2.05, 4.69) is 32.6 Å². The van der Waals surface area contributed by atoms with E-state index in [1.165, 1.54) is 186 Å². The summed E-state index contributed by atoms with van der Waals surface area (Å²) in [4.78, 5) is 2.44. The van der Waals surface area contributed by atoms with E-state index < -0.39 is 0 Å². The van der Waals surface area contributed by atoms with Crippen LogP contribution in [0.3, 0.4) is 0 Å². The molecule has 1 N–H and O–H groups in total. The molecule has 308 valence electrons. The van der Waals surface area contributed by atoms with E-state index in [0.717, 1.165) is 52.1 Å². The summed E-state index contributed by atoms with van der Waals surface area (Å²) >= 11 is 0. The van der Waals surface area contributed by atoms with Gasteiger partial charge in [-0.1, -0.05) is 181 Å². The first-order valence-corrected chi connectivity index (χ1v) is 23.3. The molecule has 0 saturated carbocycles. The monoisotopic (exact) mass is 726 g/mol. The summed E-state index contributed by atoms with van der Waals surface area (Å²) in [5, 5.41) is 9.59. The third kappa shape index (κ3) is 39.3. The maximum absolute atomic E-state index is 9.59. The average molecular weight is 726 g/mol. The van der Waals surface area contributed by atoms with Crippen molar-refractivity contribution in [2.24, 2.45) is 0 Å². The van der Waals surface area contributed by atoms with E-state index in [0.29, 0.717) is 12.2 Å². The first kappa shape index (κ1) is 50.8. The SMILES string of the molecule is CCCCCCCCCCCCOC(C)OCCCCN(CCO)CCCCCCCC(C)OC(CCCCCCCC)CCCCCCCC. The van der Waals surface area contributed by atoms with Crippen molar-refractivity contribution < 1.29 is 19.3 Å². The molecular formula is C46H95NO4. The normalized spacial score (nSPS) is 13.2. The molecular weight excluding hydrogens is 631 g/mol. The van der Waals surface area contributed by atoms with Gasteiger partial charge < -0.3 is 24.2 Å². The first-order valence-electron chi connectivity index (χ1n) is 23.3. The molecule has 2 unspecified atom stereocenters. The first-order chi connectivity index (χ1) is 25.1. The van der Waals surface area contributed by atoms with Crippen molar-refractivity contribution in [3.05, 3.63) is 0 Å². The molecule has 0 fully saturated rings. The van der Waals surface area contributed by atoms with Gasteiger partial charge in [0, 0.05) is 19.8 Å². The van der Waals surface area contributed by atoms with E-state index in [1.54, 1.807) is 0 Å². The predicted octanol–water partition coefficient (Wildman–Crippen LogP) is 14.0. The molecule has 5 heteroatoms. The van der Waals surface area contributed by atoms with Crippen molar-refractivity contribution >= 4 is 0 Å². The van der Waals surface area contributed by atoms with Gasteiger partial charge in [-0.3, -0.25) is 0 Å². The largest absolute Gasteiger partial charge is 0.395 e. The van der Waals surface area contributed by atoms with Gasteiger partial charge in [-0.2, -0.15) is 0 Å². The van der Waals surface area contributed by atoms with Crippen LogP contribution in [-0.4, -0.2) is 68.0 Å². The van der Waals surface area contributed by atoms with Gasteiger partial charge in [0.15, 0.2) is 6.29 Å². The van der Waals surface area contributed by atoms with Gasteiger partial charge in [-0.25, -0.2) is 0 Å². The van der Waals surface area contributed by atoms with E-state index in [4.69, 9.17) is 14.2 Å². The van der Waals surface area contributed by atoms with Crippen molar-refractivity contribution in [2.75, 3.05) is 39.5 Å². The van der Waals surface area contributed by atoms with Gasteiger partial charge in [-0.05, 0) is 71.9 Å². The summed E-state index contributed by atoms with van der Waals surface area (Å²) in [6.07, 6.45) is 43.0. The maximum atomic E-state index is 9.59. The Morgan fingerprint density at radius 3 is 1.22 bits per heavy atom. The minimum absolute atomic E-state index is 0.108. The fraction of sp³-hybridized carbons (Fsp3) is 1.00. The lowest BCUT2D eigenvalue weighted by molar-refractivity contribution is -0.131. The van der Waals surface area contributed by atoms with Gasteiger partial charge in [0.05, 0.1) is 18.8 Å². The van der Waals surface area contributed by atoms with Crippen LogP contribution in [0.4, 0.5) is 0 Å². The molecule has 0 aromatic heterocycles. The number of ether oxygens (including phenoxy) is 3. The Balaban J connectivity index is 3.93. The van der Waals surface area contributed by atoms with Gasteiger partial charge >= 0.3 is 0 Å². The van der Waals surface area contributed by atoms with Crippen LogP contribution in [0.2, 0.25) is 0 Å². The summed E-state index contributed by atoms with van der Waals surface area (Å²) < 4.78 is 18.5. The van der Waals surface area contributed by atoms with Crippen molar-refractivity contribution in [3.8, 4) is 0 Å². The van der Waals surface area contributed by atoms with Crippen LogP contribution in [0.15, 0.2) is 0 Å². The minimum atomic E-state index is -0.108. The van der Waals surface area contributed by atoms with Crippen molar-refractivity contribution in [2.45, 2.75) is 259 Å². The fourth-order valence-corrected chi connectivity index (χ4v) is 7.33. The molecule has 0 rings (SSSR count). The van der Waals surface area contributed by atoms with Crippen LogP contribution in [0.1, 0.15) is 240 Å². The Labute approximate surface area is 321 Å². The molecule has 0 saturated heterocycles. The van der Waals surface area contributed by atoms with E-state index in [9.17, 15) is 5.11 Å². The van der Waals surface area contributed by atoms with Crippen LogP contribution >= 0.6 is 0 Å². The molecule has 0 heterocycles. The molecule has 0 aliphatic rings. The van der Waals surface area contributed by atoms with Gasteiger partial charge in [-0.15, -0.1) is 0 Å². The second-order valence-corrected chi connectivity index (χ2v) is 16.0. The molecule has 0 spiro atoms. The zero-order chi connectivity index (χ0) is 37.3. The topological polar surface area (TPSA) is 51.2 Å². The Kier molecular flexibility index (Phi) is 42.4. The van der Waals surface area contributed by atoms with Gasteiger partial charge in [0.1, 0.15) is 0 Å². The summed E-state index contributed by atoms with van der Waals surface area (Å²) in [5.74, 6) is 0. The lowest BCUT2D eigenvalue weighted by atomic mass is 10.0. The minimum Gasteiger partial charge on any atom is -0.395 e.